The summed E-state index contributed by atoms with van der Waals surface area (Å²) in [5.41, 5.74) is 2.68. The van der Waals surface area contributed by atoms with Crippen LogP contribution in [-0.2, 0) is 6.54 Å². The second-order valence-electron chi connectivity index (χ2n) is 4.86. The zero-order chi connectivity index (χ0) is 14.1. The van der Waals surface area contributed by atoms with E-state index in [9.17, 15) is 4.79 Å². The van der Waals surface area contributed by atoms with Crippen molar-refractivity contribution in [2.45, 2.75) is 13.5 Å². The Labute approximate surface area is 122 Å². The minimum absolute atomic E-state index is 0.0977. The summed E-state index contributed by atoms with van der Waals surface area (Å²) in [5, 5.41) is 1.72. The summed E-state index contributed by atoms with van der Waals surface area (Å²) in [6.07, 6.45) is 1.91. The van der Waals surface area contributed by atoms with Gasteiger partial charge in [-0.05, 0) is 24.6 Å². The van der Waals surface area contributed by atoms with Crippen molar-refractivity contribution in [2.24, 2.45) is 0 Å². The Morgan fingerprint density at radius 2 is 1.90 bits per heavy atom. The number of fused-ring (bicyclic) bond motifs is 1. The quantitative estimate of drug-likeness (QED) is 0.649. The number of hydrogen-bond donors (Lipinski definition) is 0. The van der Waals surface area contributed by atoms with Gasteiger partial charge in [0.25, 0.3) is 0 Å². The van der Waals surface area contributed by atoms with Crippen LogP contribution < -0.4 is 0 Å². The zero-order valence-corrected chi connectivity index (χ0v) is 11.9. The fourth-order valence-electron chi connectivity index (χ4n) is 2.47. The highest BCUT2D eigenvalue weighted by atomic mass is 35.5. The Balaban J connectivity index is 1.98. The summed E-state index contributed by atoms with van der Waals surface area (Å²) in [5.74, 6) is 0.0977. The molecule has 3 aromatic rings. The lowest BCUT2D eigenvalue weighted by atomic mass is 10.1. The van der Waals surface area contributed by atoms with E-state index in [1.165, 1.54) is 0 Å². The van der Waals surface area contributed by atoms with E-state index < -0.39 is 0 Å². The van der Waals surface area contributed by atoms with Gasteiger partial charge in [0.05, 0.1) is 17.1 Å². The Kier molecular flexibility index (Phi) is 3.33. The molecule has 0 saturated heterocycles. The summed E-state index contributed by atoms with van der Waals surface area (Å²) in [4.78, 5) is 12.4. The summed E-state index contributed by atoms with van der Waals surface area (Å²) < 4.78 is 1.91. The number of halogens is 1. The first-order valence-electron chi connectivity index (χ1n) is 6.49. The van der Waals surface area contributed by atoms with Crippen LogP contribution in [0.3, 0.4) is 0 Å². The summed E-state index contributed by atoms with van der Waals surface area (Å²) in [6.45, 7) is 2.26. The van der Waals surface area contributed by atoms with E-state index in [4.69, 9.17) is 11.6 Å². The Morgan fingerprint density at radius 3 is 2.70 bits per heavy atom. The van der Waals surface area contributed by atoms with E-state index in [0.717, 1.165) is 22.0 Å². The monoisotopic (exact) mass is 283 g/mol. The van der Waals surface area contributed by atoms with Crippen molar-refractivity contribution in [1.29, 1.82) is 0 Å². The van der Waals surface area contributed by atoms with Crippen molar-refractivity contribution in [3.63, 3.8) is 0 Å². The highest BCUT2D eigenvalue weighted by Gasteiger charge is 2.12. The number of carbonyl (C=O) groups excluding carboxylic acids is 1. The molecule has 20 heavy (non-hydrogen) atoms. The first-order chi connectivity index (χ1) is 9.66. The third-order valence-corrected chi connectivity index (χ3v) is 3.80. The van der Waals surface area contributed by atoms with Crippen LogP contribution >= 0.6 is 11.6 Å². The normalized spacial score (nSPS) is 10.9. The maximum Gasteiger partial charge on any atom is 0.182 e. The average Bonchev–Trinajstić information content (AvgIpc) is 2.84. The third kappa shape index (κ3) is 2.23. The van der Waals surface area contributed by atoms with Crippen LogP contribution in [0.5, 0.6) is 0 Å². The minimum Gasteiger partial charge on any atom is -0.338 e. The molecule has 0 N–H and O–H groups in total. The number of ketones is 1. The molecule has 0 saturated carbocycles. The first kappa shape index (κ1) is 12.9. The van der Waals surface area contributed by atoms with Gasteiger partial charge in [0.2, 0.25) is 0 Å². The minimum atomic E-state index is 0.0977. The molecule has 0 radical (unpaired) electrons. The van der Waals surface area contributed by atoms with E-state index in [-0.39, 0.29) is 5.78 Å². The third-order valence-electron chi connectivity index (χ3n) is 3.50. The number of para-hydroxylation sites is 1. The summed E-state index contributed by atoms with van der Waals surface area (Å²) in [7, 11) is 0. The second kappa shape index (κ2) is 5.14. The number of Topliss-reactive ketones (excluding diaryl/α,β-unsaturated/α-hetero) is 1. The van der Waals surface area contributed by atoms with Crippen LogP contribution in [0.15, 0.2) is 54.7 Å². The number of aryl methyl sites for hydroxylation is 1. The molecule has 0 atom stereocenters. The molecular formula is C17H14ClNO. The first-order valence-corrected chi connectivity index (χ1v) is 6.87. The number of aromatic nitrogens is 1. The fraction of sp³-hybridized carbons (Fsp3) is 0.118. The van der Waals surface area contributed by atoms with Gasteiger partial charge in [-0.3, -0.25) is 4.79 Å². The lowest BCUT2D eigenvalue weighted by Crippen LogP contribution is -2.10. The predicted octanol–water partition coefficient (Wildman–Crippen LogP) is 4.49. The summed E-state index contributed by atoms with van der Waals surface area (Å²) in [6, 6.07) is 15.4. The zero-order valence-electron chi connectivity index (χ0n) is 11.1. The molecule has 0 aliphatic carbocycles. The van der Waals surface area contributed by atoms with Crippen LogP contribution in [0, 0.1) is 6.92 Å². The van der Waals surface area contributed by atoms with Gasteiger partial charge in [-0.25, -0.2) is 0 Å². The van der Waals surface area contributed by atoms with Gasteiger partial charge < -0.3 is 4.57 Å². The van der Waals surface area contributed by atoms with Gasteiger partial charge in [-0.1, -0.05) is 48.0 Å². The van der Waals surface area contributed by atoms with Crippen molar-refractivity contribution >= 4 is 28.3 Å². The SMILES string of the molecule is Cc1ccccc1C(=O)Cn1ccc2cccc(Cl)c21. The van der Waals surface area contributed by atoms with Crippen LogP contribution in [0.2, 0.25) is 5.02 Å². The van der Waals surface area contributed by atoms with E-state index in [0.29, 0.717) is 11.6 Å². The molecule has 2 nitrogen and oxygen atoms in total. The Hall–Kier alpha value is -2.06. The van der Waals surface area contributed by atoms with Gasteiger partial charge in [-0.15, -0.1) is 0 Å². The van der Waals surface area contributed by atoms with E-state index in [2.05, 4.69) is 0 Å². The van der Waals surface area contributed by atoms with E-state index >= 15 is 0 Å². The fourth-order valence-corrected chi connectivity index (χ4v) is 2.76. The topological polar surface area (TPSA) is 22.0 Å². The number of benzene rings is 2. The summed E-state index contributed by atoms with van der Waals surface area (Å²) >= 11 is 6.23. The second-order valence-corrected chi connectivity index (χ2v) is 5.27. The molecule has 100 valence electrons. The lowest BCUT2D eigenvalue weighted by Gasteiger charge is -2.08. The van der Waals surface area contributed by atoms with E-state index in [1.807, 2.05) is 66.2 Å². The van der Waals surface area contributed by atoms with Crippen LogP contribution in [-0.4, -0.2) is 10.4 Å². The van der Waals surface area contributed by atoms with E-state index in [1.54, 1.807) is 0 Å². The molecule has 0 aliphatic rings. The van der Waals surface area contributed by atoms with Crippen molar-refractivity contribution in [1.82, 2.24) is 4.57 Å². The van der Waals surface area contributed by atoms with Crippen molar-refractivity contribution in [2.75, 3.05) is 0 Å². The Bertz CT molecular complexity index is 789. The van der Waals surface area contributed by atoms with Crippen LogP contribution in [0.25, 0.3) is 10.9 Å². The van der Waals surface area contributed by atoms with Gasteiger partial charge in [-0.2, -0.15) is 0 Å². The molecule has 2 aromatic carbocycles. The number of nitrogens with zero attached hydrogens (tertiary/aromatic N) is 1. The molecule has 0 fully saturated rings. The van der Waals surface area contributed by atoms with Crippen LogP contribution in [0.1, 0.15) is 15.9 Å². The molecule has 1 aromatic heterocycles. The molecule has 0 spiro atoms. The van der Waals surface area contributed by atoms with Gasteiger partial charge in [0, 0.05) is 17.1 Å². The average molecular weight is 284 g/mol. The smallest absolute Gasteiger partial charge is 0.182 e. The largest absolute Gasteiger partial charge is 0.338 e. The lowest BCUT2D eigenvalue weighted by molar-refractivity contribution is 0.0973. The van der Waals surface area contributed by atoms with Crippen LogP contribution in [0.4, 0.5) is 0 Å². The number of carbonyl (C=O) groups is 1. The van der Waals surface area contributed by atoms with Gasteiger partial charge in [0.15, 0.2) is 5.78 Å². The van der Waals surface area contributed by atoms with Gasteiger partial charge in [0.1, 0.15) is 0 Å². The number of rotatable bonds is 3. The number of hydrogen-bond acceptors (Lipinski definition) is 1. The molecule has 0 amide bonds. The van der Waals surface area contributed by atoms with Crippen molar-refractivity contribution in [3.8, 4) is 0 Å². The Morgan fingerprint density at radius 1 is 1.10 bits per heavy atom. The molecule has 0 unspecified atom stereocenters. The molecule has 0 bridgehead atoms. The maximum absolute atomic E-state index is 12.4. The molecule has 3 rings (SSSR count). The molecular weight excluding hydrogens is 270 g/mol. The predicted molar refractivity (Wildman–Crippen MR) is 82.5 cm³/mol. The van der Waals surface area contributed by atoms with Crippen molar-refractivity contribution < 1.29 is 4.79 Å². The standard InChI is InChI=1S/C17H14ClNO/c1-12-5-2-3-7-14(12)16(20)11-19-10-9-13-6-4-8-15(18)17(13)19/h2-10H,11H2,1H3. The molecule has 3 heteroatoms. The maximum atomic E-state index is 12.4. The highest BCUT2D eigenvalue weighted by Crippen LogP contribution is 2.24. The molecule has 0 aliphatic heterocycles. The van der Waals surface area contributed by atoms with Crippen molar-refractivity contribution in [3.05, 3.63) is 70.9 Å². The van der Waals surface area contributed by atoms with Gasteiger partial charge >= 0.3 is 0 Å². The highest BCUT2D eigenvalue weighted by molar-refractivity contribution is 6.35. The molecule has 1 heterocycles.